The van der Waals surface area contributed by atoms with Crippen LogP contribution in [0.4, 0.5) is 0 Å². The van der Waals surface area contributed by atoms with Crippen LogP contribution in [0.2, 0.25) is 37.8 Å². The maximum absolute atomic E-state index is 6.82. The van der Waals surface area contributed by atoms with Gasteiger partial charge in [0.1, 0.15) is 8.07 Å². The van der Waals surface area contributed by atoms with Gasteiger partial charge in [-0.05, 0) is 31.1 Å². The van der Waals surface area contributed by atoms with Crippen molar-refractivity contribution in [2.75, 3.05) is 7.11 Å². The molecule has 0 aromatic heterocycles. The van der Waals surface area contributed by atoms with Crippen LogP contribution in [0.1, 0.15) is 34.6 Å². The second-order valence-corrected chi connectivity index (χ2v) is 17.0. The van der Waals surface area contributed by atoms with Gasteiger partial charge in [0.2, 0.25) is 0 Å². The molecule has 0 aromatic rings. The number of ether oxygens (including phenoxy) is 1. The summed E-state index contributed by atoms with van der Waals surface area (Å²) in [4.78, 5) is 0. The molecule has 0 fully saturated rings. The fraction of sp³-hybridized carbons (Fsp3) is 0.789. The normalized spacial score (nSPS) is 16.6. The smallest absolute Gasteiger partial charge is 0.192 e. The average molecular weight is 355 g/mol. The second-order valence-electron chi connectivity index (χ2n) is 7.56. The molecule has 0 saturated carbocycles. The zero-order valence-corrected chi connectivity index (χ0v) is 18.8. The van der Waals surface area contributed by atoms with E-state index in [-0.39, 0.29) is 12.0 Å². The Kier molecular flexibility index (Phi) is 10.1. The van der Waals surface area contributed by atoms with Crippen molar-refractivity contribution in [2.45, 2.75) is 78.5 Å². The summed E-state index contributed by atoms with van der Waals surface area (Å²) < 4.78 is 11.9. The average Bonchev–Trinajstić information content (AvgIpc) is 2.51. The molecule has 0 bridgehead atoms. The summed E-state index contributed by atoms with van der Waals surface area (Å²) in [5, 5.41) is 0. The minimum Gasteiger partial charge on any atom is -0.505 e. The van der Waals surface area contributed by atoms with Crippen LogP contribution < -0.4 is 0 Å². The first-order chi connectivity index (χ1) is 10.6. The Morgan fingerprint density at radius 2 is 1.52 bits per heavy atom. The minimum absolute atomic E-state index is 0.150. The van der Waals surface area contributed by atoms with Crippen LogP contribution in [0.5, 0.6) is 0 Å². The number of rotatable bonds is 9. The zero-order chi connectivity index (χ0) is 18.1. The quantitative estimate of drug-likeness (QED) is 0.301. The highest BCUT2D eigenvalue weighted by molar-refractivity contribution is 6.83. The van der Waals surface area contributed by atoms with Crippen molar-refractivity contribution in [3.63, 3.8) is 0 Å². The third-order valence-electron chi connectivity index (χ3n) is 4.52. The molecule has 0 spiro atoms. The molecule has 0 heterocycles. The van der Waals surface area contributed by atoms with E-state index in [1.807, 2.05) is 0 Å². The molecule has 3 atom stereocenters. The van der Waals surface area contributed by atoms with Crippen molar-refractivity contribution in [1.82, 2.24) is 0 Å². The lowest BCUT2D eigenvalue weighted by molar-refractivity contribution is 0.118. The first kappa shape index (κ1) is 22.5. The van der Waals surface area contributed by atoms with Gasteiger partial charge in [-0.2, -0.15) is 0 Å². The maximum atomic E-state index is 6.82. The Balaban J connectivity index is 5.45. The fourth-order valence-corrected chi connectivity index (χ4v) is 6.33. The molecule has 0 unspecified atom stereocenters. The van der Waals surface area contributed by atoms with Crippen molar-refractivity contribution in [3.8, 4) is 11.5 Å². The van der Waals surface area contributed by atoms with Gasteiger partial charge >= 0.3 is 0 Å². The highest BCUT2D eigenvalue weighted by atomic mass is 28.4. The lowest BCUT2D eigenvalue weighted by Gasteiger charge is -2.37. The molecule has 134 valence electrons. The van der Waals surface area contributed by atoms with Crippen LogP contribution in [0.15, 0.2) is 12.3 Å². The van der Waals surface area contributed by atoms with E-state index in [2.05, 4.69) is 71.8 Å². The van der Waals surface area contributed by atoms with E-state index < -0.39 is 16.4 Å². The number of hydrogen-bond acceptors (Lipinski definition) is 2. The van der Waals surface area contributed by atoms with E-state index in [0.29, 0.717) is 5.92 Å². The molecule has 0 aliphatic heterocycles. The van der Waals surface area contributed by atoms with Crippen molar-refractivity contribution in [3.05, 3.63) is 12.3 Å². The van der Waals surface area contributed by atoms with E-state index in [1.165, 1.54) is 18.1 Å². The van der Waals surface area contributed by atoms with E-state index in [1.54, 1.807) is 13.4 Å². The molecule has 0 aliphatic rings. The molecule has 0 saturated heterocycles. The van der Waals surface area contributed by atoms with Crippen LogP contribution in [0, 0.1) is 23.3 Å². The minimum atomic E-state index is -1.65. The fourth-order valence-electron chi connectivity index (χ4n) is 2.68. The van der Waals surface area contributed by atoms with Crippen LogP contribution in [0.3, 0.4) is 0 Å². The number of hydrogen-bond donors (Lipinski definition) is 0. The summed E-state index contributed by atoms with van der Waals surface area (Å²) in [5.74, 6) is 4.06. The van der Waals surface area contributed by atoms with Gasteiger partial charge in [0.15, 0.2) is 8.32 Å². The molecule has 0 aromatic carbocycles. The van der Waals surface area contributed by atoms with E-state index >= 15 is 0 Å². The van der Waals surface area contributed by atoms with Crippen LogP contribution >= 0.6 is 0 Å². The SMILES string of the molecule is CC[Si](CC)(CC)O[C@@H]([C@@H](C)C#C[Si](C)(C)C)[C@@H](C)/C=C/OC. The highest BCUT2D eigenvalue weighted by Crippen LogP contribution is 2.29. The van der Waals surface area contributed by atoms with Gasteiger partial charge in [0.05, 0.1) is 19.5 Å². The van der Waals surface area contributed by atoms with Gasteiger partial charge in [-0.1, -0.05) is 47.3 Å². The molecule has 0 N–H and O–H groups in total. The lowest BCUT2D eigenvalue weighted by Crippen LogP contribution is -2.44. The molecular formula is C19H38O2Si2. The largest absolute Gasteiger partial charge is 0.505 e. The zero-order valence-electron chi connectivity index (χ0n) is 16.8. The Morgan fingerprint density at radius 3 is 1.91 bits per heavy atom. The predicted molar refractivity (Wildman–Crippen MR) is 108 cm³/mol. The number of methoxy groups -OCH3 is 1. The summed E-state index contributed by atoms with van der Waals surface area (Å²) in [6, 6.07) is 3.52. The van der Waals surface area contributed by atoms with Gasteiger partial charge in [-0.15, -0.1) is 11.5 Å². The molecule has 0 radical (unpaired) electrons. The van der Waals surface area contributed by atoms with Gasteiger partial charge in [0.25, 0.3) is 0 Å². The predicted octanol–water partition coefficient (Wildman–Crippen LogP) is 5.69. The summed E-state index contributed by atoms with van der Waals surface area (Å²) in [6.45, 7) is 18.2. The van der Waals surface area contributed by atoms with Gasteiger partial charge in [-0.25, -0.2) is 0 Å². The van der Waals surface area contributed by atoms with Crippen molar-refractivity contribution in [2.24, 2.45) is 11.8 Å². The monoisotopic (exact) mass is 354 g/mol. The highest BCUT2D eigenvalue weighted by Gasteiger charge is 2.35. The van der Waals surface area contributed by atoms with E-state index in [4.69, 9.17) is 9.16 Å². The molecular weight excluding hydrogens is 316 g/mol. The van der Waals surface area contributed by atoms with Crippen LogP contribution in [-0.4, -0.2) is 29.6 Å². The first-order valence-electron chi connectivity index (χ1n) is 9.04. The van der Waals surface area contributed by atoms with E-state index in [0.717, 1.165) is 0 Å². The Labute approximate surface area is 147 Å². The third kappa shape index (κ3) is 8.23. The molecule has 4 heteroatoms. The molecule has 23 heavy (non-hydrogen) atoms. The van der Waals surface area contributed by atoms with Gasteiger partial charge in [-0.3, -0.25) is 0 Å². The van der Waals surface area contributed by atoms with Gasteiger partial charge in [0, 0.05) is 11.8 Å². The molecule has 2 nitrogen and oxygen atoms in total. The Morgan fingerprint density at radius 1 is 1.00 bits per heavy atom. The first-order valence-corrected chi connectivity index (χ1v) is 15.1. The molecule has 0 aliphatic carbocycles. The van der Waals surface area contributed by atoms with Crippen molar-refractivity contribution >= 4 is 16.4 Å². The third-order valence-corrected chi connectivity index (χ3v) is 10.1. The summed E-state index contributed by atoms with van der Waals surface area (Å²) in [5.41, 5.74) is 3.52. The van der Waals surface area contributed by atoms with Crippen LogP contribution in [-0.2, 0) is 9.16 Å². The second kappa shape index (κ2) is 10.4. The van der Waals surface area contributed by atoms with Gasteiger partial charge < -0.3 is 9.16 Å². The Bertz CT molecular complexity index is 403. The topological polar surface area (TPSA) is 18.5 Å². The van der Waals surface area contributed by atoms with E-state index in [9.17, 15) is 0 Å². The molecule has 0 amide bonds. The Hall–Kier alpha value is -0.506. The summed E-state index contributed by atoms with van der Waals surface area (Å²) in [6.07, 6.45) is 4.03. The summed E-state index contributed by atoms with van der Waals surface area (Å²) in [7, 11) is -1.32. The van der Waals surface area contributed by atoms with Crippen molar-refractivity contribution in [1.29, 1.82) is 0 Å². The standard InChI is InChI=1S/C19H38O2Si2/c1-10-23(11-2,12-3)21-19(17(4)13-15-20-6)18(5)14-16-22(7,8)9/h13,15,17-19H,10-12H2,1-9H3/b15-13+/t17-,18-,19+/m0/s1. The summed E-state index contributed by atoms with van der Waals surface area (Å²) >= 11 is 0. The lowest BCUT2D eigenvalue weighted by atomic mass is 9.94. The molecule has 0 rings (SSSR count). The van der Waals surface area contributed by atoms with Crippen LogP contribution in [0.25, 0.3) is 0 Å². The maximum Gasteiger partial charge on any atom is 0.192 e. The van der Waals surface area contributed by atoms with Crippen molar-refractivity contribution < 1.29 is 9.16 Å².